The molecule has 0 saturated heterocycles. The van der Waals surface area contributed by atoms with E-state index in [1.165, 1.54) is 20.9 Å². The molecule has 2 heteroatoms. The van der Waals surface area contributed by atoms with Gasteiger partial charge in [-0.05, 0) is 46.2 Å². The zero-order valence-electron chi connectivity index (χ0n) is 13.6. The van der Waals surface area contributed by atoms with E-state index < -0.39 is 0 Å². The molecule has 2 aromatic carbocycles. The summed E-state index contributed by atoms with van der Waals surface area (Å²) in [4.78, 5) is 3.01. The van der Waals surface area contributed by atoms with E-state index >= 15 is 0 Å². The lowest BCUT2D eigenvalue weighted by Crippen LogP contribution is -1.93. The third-order valence-electron chi connectivity index (χ3n) is 4.80. The van der Waals surface area contributed by atoms with Gasteiger partial charge in [0.25, 0.3) is 0 Å². The highest BCUT2D eigenvalue weighted by atomic mass is 32.2. The molecule has 0 bridgehead atoms. The molecule has 4 rings (SSSR count). The molecule has 2 aliphatic rings. The number of hydrogen-bond donors (Lipinski definition) is 0. The zero-order chi connectivity index (χ0) is 15.4. The molecule has 0 aliphatic carbocycles. The summed E-state index contributed by atoms with van der Waals surface area (Å²) in [7, 11) is 0. The van der Waals surface area contributed by atoms with Crippen molar-refractivity contribution in [2.45, 2.75) is 59.8 Å². The molecule has 0 saturated carbocycles. The largest absolute Gasteiger partial charge is 0.116 e. The van der Waals surface area contributed by atoms with E-state index in [4.69, 9.17) is 0 Å². The molecule has 0 amide bonds. The first-order valence-electron chi connectivity index (χ1n) is 8.15. The van der Waals surface area contributed by atoms with Crippen molar-refractivity contribution in [1.82, 2.24) is 0 Å². The minimum atomic E-state index is 0.610. The first-order chi connectivity index (χ1) is 10.5. The van der Waals surface area contributed by atoms with Gasteiger partial charge in [0.1, 0.15) is 0 Å². The Morgan fingerprint density at radius 3 is 1.45 bits per heavy atom. The van der Waals surface area contributed by atoms with Crippen LogP contribution in [0, 0.1) is 0 Å². The number of thioether (sulfide) groups is 2. The lowest BCUT2D eigenvalue weighted by Gasteiger charge is -2.11. The van der Waals surface area contributed by atoms with Crippen molar-refractivity contribution < 1.29 is 0 Å². The second-order valence-electron chi connectivity index (χ2n) is 6.98. The smallest absolute Gasteiger partial charge is 0.0519 e. The molecular weight excluding hydrogens is 304 g/mol. The average molecular weight is 327 g/mol. The fraction of sp³-hybridized carbons (Fsp3) is 0.400. The molecule has 0 nitrogen and oxygen atoms in total. The van der Waals surface area contributed by atoms with Gasteiger partial charge in [-0.25, -0.2) is 0 Å². The van der Waals surface area contributed by atoms with Gasteiger partial charge in [-0.1, -0.05) is 52.0 Å². The minimum Gasteiger partial charge on any atom is -0.116 e. The second kappa shape index (κ2) is 5.35. The fourth-order valence-corrected chi connectivity index (χ4v) is 6.65. The predicted molar refractivity (Wildman–Crippen MR) is 98.3 cm³/mol. The monoisotopic (exact) mass is 326 g/mol. The summed E-state index contributed by atoms with van der Waals surface area (Å²) in [6.07, 6.45) is 0. The van der Waals surface area contributed by atoms with Crippen LogP contribution in [0.25, 0.3) is 0 Å². The van der Waals surface area contributed by atoms with Gasteiger partial charge in [-0.3, -0.25) is 0 Å². The highest BCUT2D eigenvalue weighted by Crippen LogP contribution is 2.66. The number of benzene rings is 2. The van der Waals surface area contributed by atoms with Crippen molar-refractivity contribution in [1.29, 1.82) is 0 Å². The molecule has 114 valence electrons. The first-order valence-corrected chi connectivity index (χ1v) is 9.91. The molecule has 2 atom stereocenters. The Kier molecular flexibility index (Phi) is 3.58. The molecule has 0 N–H and O–H groups in total. The Morgan fingerprint density at radius 1 is 0.682 bits per heavy atom. The van der Waals surface area contributed by atoms with Gasteiger partial charge >= 0.3 is 0 Å². The summed E-state index contributed by atoms with van der Waals surface area (Å²) in [6.45, 7) is 9.11. The van der Waals surface area contributed by atoms with Gasteiger partial charge in [0.2, 0.25) is 0 Å². The third-order valence-corrected chi connectivity index (χ3v) is 7.75. The van der Waals surface area contributed by atoms with Crippen LogP contribution >= 0.6 is 23.5 Å². The Hall–Kier alpha value is -0.860. The van der Waals surface area contributed by atoms with E-state index in [-0.39, 0.29) is 0 Å². The van der Waals surface area contributed by atoms with Gasteiger partial charge < -0.3 is 0 Å². The third kappa shape index (κ3) is 2.23. The summed E-state index contributed by atoms with van der Waals surface area (Å²) in [5.41, 5.74) is 6.02. The van der Waals surface area contributed by atoms with Crippen LogP contribution in [0.5, 0.6) is 0 Å². The molecule has 2 aromatic rings. The fourth-order valence-electron chi connectivity index (χ4n) is 3.34. The molecule has 0 fully saturated rings. The topological polar surface area (TPSA) is 0 Å². The maximum Gasteiger partial charge on any atom is 0.0519 e. The van der Waals surface area contributed by atoms with E-state index in [0.29, 0.717) is 22.3 Å². The Labute approximate surface area is 142 Å². The van der Waals surface area contributed by atoms with Gasteiger partial charge in [-0.2, -0.15) is 0 Å². The minimum absolute atomic E-state index is 0.610. The molecule has 22 heavy (non-hydrogen) atoms. The van der Waals surface area contributed by atoms with E-state index in [1.807, 2.05) is 0 Å². The van der Waals surface area contributed by atoms with Gasteiger partial charge in [0, 0.05) is 9.79 Å². The Balaban J connectivity index is 1.70. The van der Waals surface area contributed by atoms with E-state index in [1.54, 1.807) is 11.1 Å². The van der Waals surface area contributed by atoms with Crippen molar-refractivity contribution in [2.24, 2.45) is 0 Å². The van der Waals surface area contributed by atoms with Crippen molar-refractivity contribution in [3.8, 4) is 0 Å². The molecule has 0 radical (unpaired) electrons. The molecule has 2 aliphatic heterocycles. The van der Waals surface area contributed by atoms with Crippen molar-refractivity contribution in [3.63, 3.8) is 0 Å². The maximum atomic E-state index is 2.42. The molecule has 0 aromatic heterocycles. The van der Waals surface area contributed by atoms with E-state index in [9.17, 15) is 0 Å². The summed E-state index contributed by atoms with van der Waals surface area (Å²) in [6, 6.07) is 14.3. The van der Waals surface area contributed by atoms with Crippen LogP contribution in [-0.4, -0.2) is 0 Å². The number of rotatable bonds is 2. The van der Waals surface area contributed by atoms with Crippen LogP contribution < -0.4 is 0 Å². The van der Waals surface area contributed by atoms with Crippen LogP contribution in [0.15, 0.2) is 46.2 Å². The van der Waals surface area contributed by atoms with Crippen LogP contribution in [0.1, 0.15) is 72.3 Å². The normalized spacial score (nSPS) is 22.1. The molecule has 0 spiro atoms. The lowest BCUT2D eigenvalue weighted by molar-refractivity contribution is 0.854. The Morgan fingerprint density at radius 2 is 1.09 bits per heavy atom. The van der Waals surface area contributed by atoms with Crippen LogP contribution in [-0.2, 0) is 0 Å². The summed E-state index contributed by atoms with van der Waals surface area (Å²) < 4.78 is 0. The average Bonchev–Trinajstić information content (AvgIpc) is 3.01. The van der Waals surface area contributed by atoms with E-state index in [0.717, 1.165) is 0 Å². The van der Waals surface area contributed by atoms with Crippen LogP contribution in [0.2, 0.25) is 0 Å². The van der Waals surface area contributed by atoms with Gasteiger partial charge in [-0.15, -0.1) is 23.5 Å². The summed E-state index contributed by atoms with van der Waals surface area (Å²) in [5, 5.41) is 1.22. The summed E-state index contributed by atoms with van der Waals surface area (Å²) in [5.74, 6) is 1.22. The summed E-state index contributed by atoms with van der Waals surface area (Å²) >= 11 is 4.15. The SMILES string of the molecule is CC(C)c1ccc2c(c1)SC1c3ccc(C(C)C)cc3SC21. The van der Waals surface area contributed by atoms with Gasteiger partial charge in [0.05, 0.1) is 10.5 Å². The highest BCUT2D eigenvalue weighted by molar-refractivity contribution is 8.05. The maximum absolute atomic E-state index is 2.42. The first kappa shape index (κ1) is 14.7. The zero-order valence-corrected chi connectivity index (χ0v) is 15.2. The highest BCUT2D eigenvalue weighted by Gasteiger charge is 2.41. The van der Waals surface area contributed by atoms with Crippen molar-refractivity contribution in [3.05, 3.63) is 58.7 Å². The Bertz CT molecular complexity index is 667. The second-order valence-corrected chi connectivity index (χ2v) is 9.35. The van der Waals surface area contributed by atoms with Crippen LogP contribution in [0.4, 0.5) is 0 Å². The molecule has 2 heterocycles. The predicted octanol–water partition coefficient (Wildman–Crippen LogP) is 6.93. The number of hydrogen-bond acceptors (Lipinski definition) is 2. The standard InChI is InChI=1S/C20H22S2/c1-11(2)13-5-7-15-17(9-13)21-20-16-8-6-14(12(3)4)10-18(16)22-19(15)20/h5-12,19-20H,1-4H3. The van der Waals surface area contributed by atoms with Gasteiger partial charge in [0.15, 0.2) is 0 Å². The lowest BCUT2D eigenvalue weighted by atomic mass is 9.97. The van der Waals surface area contributed by atoms with Crippen molar-refractivity contribution >= 4 is 23.5 Å². The molecule has 2 unspecified atom stereocenters. The number of fused-ring (bicyclic) bond motifs is 5. The quantitative estimate of drug-likeness (QED) is 0.587. The van der Waals surface area contributed by atoms with Crippen molar-refractivity contribution in [2.75, 3.05) is 0 Å². The molecular formula is C20H22S2. The van der Waals surface area contributed by atoms with Crippen LogP contribution in [0.3, 0.4) is 0 Å². The van der Waals surface area contributed by atoms with E-state index in [2.05, 4.69) is 87.6 Å².